The van der Waals surface area contributed by atoms with E-state index >= 15 is 0 Å². The highest BCUT2D eigenvalue weighted by Gasteiger charge is 2.22. The molecule has 0 radical (unpaired) electrons. The van der Waals surface area contributed by atoms with Gasteiger partial charge in [0, 0.05) is 32.7 Å². The third-order valence-electron chi connectivity index (χ3n) is 5.19. The molecule has 2 aliphatic rings. The minimum absolute atomic E-state index is 0.147. The van der Waals surface area contributed by atoms with Crippen molar-refractivity contribution in [3.8, 4) is 17.2 Å². The third-order valence-corrected chi connectivity index (χ3v) is 5.50. The number of para-hydroxylation sites is 1. The molecule has 154 valence electrons. The Labute approximate surface area is 175 Å². The van der Waals surface area contributed by atoms with E-state index in [1.165, 1.54) is 0 Å². The zero-order valence-corrected chi connectivity index (χ0v) is 17.1. The van der Waals surface area contributed by atoms with Gasteiger partial charge in [0.25, 0.3) is 0 Å². The summed E-state index contributed by atoms with van der Waals surface area (Å²) in [6.45, 7) is 5.66. The van der Waals surface area contributed by atoms with Gasteiger partial charge in [-0.05, 0) is 29.8 Å². The van der Waals surface area contributed by atoms with Crippen molar-refractivity contribution in [3.05, 3.63) is 53.1 Å². The molecule has 1 saturated heterocycles. The number of benzene rings is 2. The van der Waals surface area contributed by atoms with Crippen LogP contribution in [0.3, 0.4) is 0 Å². The van der Waals surface area contributed by atoms with E-state index < -0.39 is 0 Å². The fourth-order valence-corrected chi connectivity index (χ4v) is 3.74. The second-order valence-electron chi connectivity index (χ2n) is 7.16. The summed E-state index contributed by atoms with van der Waals surface area (Å²) in [6, 6.07) is 13.2. The fourth-order valence-electron chi connectivity index (χ4n) is 3.55. The van der Waals surface area contributed by atoms with Gasteiger partial charge in [0.05, 0.1) is 11.4 Å². The van der Waals surface area contributed by atoms with Crippen molar-refractivity contribution in [1.82, 2.24) is 9.80 Å². The van der Waals surface area contributed by atoms with E-state index in [2.05, 4.69) is 4.90 Å². The van der Waals surface area contributed by atoms with Gasteiger partial charge in [-0.3, -0.25) is 9.69 Å². The Balaban J connectivity index is 1.21. The first-order valence-electron chi connectivity index (χ1n) is 9.95. The number of nitrogens with zero attached hydrogens (tertiary/aromatic N) is 2. The quantitative estimate of drug-likeness (QED) is 0.724. The van der Waals surface area contributed by atoms with Crippen LogP contribution in [0.5, 0.6) is 17.2 Å². The van der Waals surface area contributed by atoms with Gasteiger partial charge in [-0.1, -0.05) is 29.8 Å². The summed E-state index contributed by atoms with van der Waals surface area (Å²) in [5.74, 6) is 2.33. The number of ether oxygens (including phenoxy) is 3. The topological polar surface area (TPSA) is 51.2 Å². The molecule has 2 aromatic carbocycles. The number of rotatable bonds is 6. The molecule has 1 fully saturated rings. The van der Waals surface area contributed by atoms with E-state index in [9.17, 15) is 4.79 Å². The molecular formula is C22H25ClN2O4. The molecule has 0 aromatic heterocycles. The van der Waals surface area contributed by atoms with Crippen molar-refractivity contribution in [1.29, 1.82) is 0 Å². The molecule has 4 rings (SSSR count). The number of fused-ring (bicyclic) bond motifs is 1. The lowest BCUT2D eigenvalue weighted by Crippen LogP contribution is -2.49. The fraction of sp³-hybridized carbons (Fsp3) is 0.409. The predicted molar refractivity (Wildman–Crippen MR) is 111 cm³/mol. The minimum Gasteiger partial charge on any atom is -0.491 e. The second-order valence-corrected chi connectivity index (χ2v) is 7.56. The van der Waals surface area contributed by atoms with E-state index in [4.69, 9.17) is 25.8 Å². The maximum atomic E-state index is 12.7. The van der Waals surface area contributed by atoms with Gasteiger partial charge in [0.2, 0.25) is 5.91 Å². The Bertz CT molecular complexity index is 852. The van der Waals surface area contributed by atoms with Crippen LogP contribution in [-0.4, -0.2) is 68.3 Å². The second kappa shape index (κ2) is 9.37. The maximum Gasteiger partial charge on any atom is 0.227 e. The smallest absolute Gasteiger partial charge is 0.227 e. The van der Waals surface area contributed by atoms with Crippen LogP contribution >= 0.6 is 11.6 Å². The largest absolute Gasteiger partial charge is 0.491 e. The molecule has 2 aliphatic heterocycles. The summed E-state index contributed by atoms with van der Waals surface area (Å²) in [4.78, 5) is 16.9. The lowest BCUT2D eigenvalue weighted by atomic mass is 10.1. The monoisotopic (exact) mass is 416 g/mol. The summed E-state index contributed by atoms with van der Waals surface area (Å²) in [6.07, 6.45) is 0.381. The highest BCUT2D eigenvalue weighted by atomic mass is 35.5. The van der Waals surface area contributed by atoms with Gasteiger partial charge in [0.15, 0.2) is 11.5 Å². The molecule has 2 heterocycles. The molecule has 2 aromatic rings. The number of halogens is 1. The molecule has 0 atom stereocenters. The Morgan fingerprint density at radius 1 is 1.00 bits per heavy atom. The number of piperazine rings is 1. The van der Waals surface area contributed by atoms with Crippen LogP contribution in [0.25, 0.3) is 0 Å². The van der Waals surface area contributed by atoms with Gasteiger partial charge in [-0.15, -0.1) is 0 Å². The zero-order chi connectivity index (χ0) is 20.1. The van der Waals surface area contributed by atoms with E-state index in [0.29, 0.717) is 37.0 Å². The normalized spacial score (nSPS) is 16.5. The zero-order valence-electron chi connectivity index (χ0n) is 16.3. The van der Waals surface area contributed by atoms with Crippen LogP contribution in [0.15, 0.2) is 42.5 Å². The number of amides is 1. The van der Waals surface area contributed by atoms with Gasteiger partial charge in [-0.25, -0.2) is 0 Å². The molecule has 0 bridgehead atoms. The van der Waals surface area contributed by atoms with Gasteiger partial charge >= 0.3 is 0 Å². The number of carbonyl (C=O) groups is 1. The first-order valence-corrected chi connectivity index (χ1v) is 10.3. The van der Waals surface area contributed by atoms with Gasteiger partial charge in [0.1, 0.15) is 25.6 Å². The van der Waals surface area contributed by atoms with Crippen LogP contribution in [0.1, 0.15) is 5.56 Å². The number of carbonyl (C=O) groups excluding carboxylic acids is 1. The average molecular weight is 417 g/mol. The molecule has 0 unspecified atom stereocenters. The summed E-state index contributed by atoms with van der Waals surface area (Å²) >= 11 is 6.11. The molecule has 0 aliphatic carbocycles. The van der Waals surface area contributed by atoms with Crippen LogP contribution in [-0.2, 0) is 11.2 Å². The summed E-state index contributed by atoms with van der Waals surface area (Å²) in [5.41, 5.74) is 0.954. The van der Waals surface area contributed by atoms with Crippen LogP contribution < -0.4 is 14.2 Å². The van der Waals surface area contributed by atoms with Crippen molar-refractivity contribution in [3.63, 3.8) is 0 Å². The molecule has 0 N–H and O–H groups in total. The van der Waals surface area contributed by atoms with Crippen molar-refractivity contribution in [2.75, 3.05) is 52.5 Å². The number of hydrogen-bond acceptors (Lipinski definition) is 5. The van der Waals surface area contributed by atoms with Gasteiger partial charge in [-0.2, -0.15) is 0 Å². The van der Waals surface area contributed by atoms with Crippen molar-refractivity contribution in [2.45, 2.75) is 6.42 Å². The van der Waals surface area contributed by atoms with E-state index in [1.54, 1.807) is 0 Å². The Morgan fingerprint density at radius 3 is 2.55 bits per heavy atom. The van der Waals surface area contributed by atoms with Crippen LogP contribution in [0.4, 0.5) is 0 Å². The standard InChI is InChI=1S/C22H25ClN2O4/c23-18-3-1-2-4-19(18)27-12-11-24-7-9-25(10-8-24)22(26)16-17-5-6-20-21(15-17)29-14-13-28-20/h1-6,15H,7-14,16H2. The highest BCUT2D eigenvalue weighted by Crippen LogP contribution is 2.31. The SMILES string of the molecule is O=C(Cc1ccc2c(c1)OCCO2)N1CCN(CCOc2ccccc2Cl)CC1. The van der Waals surface area contributed by atoms with E-state index in [1.807, 2.05) is 47.4 Å². The first kappa shape index (κ1) is 19.9. The molecule has 7 heteroatoms. The summed E-state index contributed by atoms with van der Waals surface area (Å²) in [7, 11) is 0. The van der Waals surface area contributed by atoms with Crippen LogP contribution in [0, 0.1) is 0 Å². The average Bonchev–Trinajstić information content (AvgIpc) is 2.75. The molecule has 0 saturated carbocycles. The van der Waals surface area contributed by atoms with Crippen molar-refractivity contribution >= 4 is 17.5 Å². The van der Waals surface area contributed by atoms with Crippen LogP contribution in [0.2, 0.25) is 5.02 Å². The predicted octanol–water partition coefficient (Wildman–Crippen LogP) is 2.88. The van der Waals surface area contributed by atoms with Crippen molar-refractivity contribution in [2.24, 2.45) is 0 Å². The Hall–Kier alpha value is -2.44. The Morgan fingerprint density at radius 2 is 1.76 bits per heavy atom. The maximum absolute atomic E-state index is 12.7. The number of hydrogen-bond donors (Lipinski definition) is 0. The third kappa shape index (κ3) is 5.14. The molecule has 29 heavy (non-hydrogen) atoms. The van der Waals surface area contributed by atoms with E-state index in [-0.39, 0.29) is 5.91 Å². The lowest BCUT2D eigenvalue weighted by Gasteiger charge is -2.34. The molecule has 0 spiro atoms. The van der Waals surface area contributed by atoms with E-state index in [0.717, 1.165) is 49.8 Å². The van der Waals surface area contributed by atoms with Crippen molar-refractivity contribution < 1.29 is 19.0 Å². The molecular weight excluding hydrogens is 392 g/mol. The highest BCUT2D eigenvalue weighted by molar-refractivity contribution is 6.32. The minimum atomic E-state index is 0.147. The first-order chi connectivity index (χ1) is 14.2. The molecule has 6 nitrogen and oxygen atoms in total. The Kier molecular flexibility index (Phi) is 6.42. The summed E-state index contributed by atoms with van der Waals surface area (Å²) < 4.78 is 16.9. The molecule has 1 amide bonds. The summed E-state index contributed by atoms with van der Waals surface area (Å²) in [5, 5.41) is 0.627. The lowest BCUT2D eigenvalue weighted by molar-refractivity contribution is -0.132. The van der Waals surface area contributed by atoms with Gasteiger partial charge < -0.3 is 19.1 Å².